The second kappa shape index (κ2) is 7.79. The van der Waals surface area contributed by atoms with E-state index in [-0.39, 0.29) is 29.5 Å². The van der Waals surface area contributed by atoms with E-state index in [4.69, 9.17) is 0 Å². The molecule has 1 heterocycles. The van der Waals surface area contributed by atoms with Crippen LogP contribution in [0.15, 0.2) is 70.1 Å². The molecule has 0 spiro atoms. The summed E-state index contributed by atoms with van der Waals surface area (Å²) in [6.45, 7) is 1.84. The Bertz CT molecular complexity index is 975. The lowest BCUT2D eigenvalue weighted by atomic mass is 9.84. The van der Waals surface area contributed by atoms with Crippen LogP contribution in [0, 0.1) is 12.7 Å². The molecule has 0 radical (unpaired) electrons. The van der Waals surface area contributed by atoms with Crippen LogP contribution in [0.2, 0.25) is 0 Å². The van der Waals surface area contributed by atoms with Gasteiger partial charge in [0.05, 0.1) is 0 Å². The van der Waals surface area contributed by atoms with Gasteiger partial charge in [-0.05, 0) is 53.9 Å². The summed E-state index contributed by atoms with van der Waals surface area (Å²) in [6, 6.07) is 15.2. The first kappa shape index (κ1) is 18.3. The highest BCUT2D eigenvalue weighted by molar-refractivity contribution is 9.10. The third kappa shape index (κ3) is 4.17. The number of halogens is 2. The fraction of sp³-hybridized carbons (Fsp3) is 0.143. The number of aromatic nitrogens is 1. The van der Waals surface area contributed by atoms with E-state index >= 15 is 0 Å². The molecule has 1 unspecified atom stereocenters. The van der Waals surface area contributed by atoms with Gasteiger partial charge in [-0.3, -0.25) is 9.59 Å². The van der Waals surface area contributed by atoms with Crippen molar-refractivity contribution in [1.82, 2.24) is 4.98 Å². The fourth-order valence-corrected chi connectivity index (χ4v) is 3.28. The zero-order chi connectivity index (χ0) is 18.7. The number of nitrogens with one attached hydrogen (secondary N) is 1. The molecule has 0 saturated carbocycles. The molecular weight excluding hydrogens is 397 g/mol. The van der Waals surface area contributed by atoms with E-state index in [9.17, 15) is 14.0 Å². The fourth-order valence-electron chi connectivity index (χ4n) is 3.02. The number of carbonyl (C=O) groups excluding carboxylic acids is 1. The number of Topliss-reactive ketones (excluding diaryl/α,β-unsaturated/α-hetero) is 1. The van der Waals surface area contributed by atoms with E-state index in [2.05, 4.69) is 20.9 Å². The SMILES string of the molecule is Cc1cc(F)ccc1C(CC(=O)c1ccc(=O)[nH]c1)c1ccc(Br)cc1. The number of pyridine rings is 1. The standard InChI is InChI=1S/C21H17BrFNO2/c1-13-10-17(23)7-8-18(13)19(14-2-5-16(22)6-3-14)11-20(25)15-4-9-21(26)24-12-15/h2-10,12,19H,11H2,1H3,(H,24,26). The van der Waals surface area contributed by atoms with Crippen molar-refractivity contribution in [2.45, 2.75) is 19.3 Å². The van der Waals surface area contributed by atoms with Gasteiger partial charge in [-0.25, -0.2) is 4.39 Å². The minimum Gasteiger partial charge on any atom is -0.328 e. The molecule has 0 aliphatic rings. The van der Waals surface area contributed by atoms with Gasteiger partial charge in [-0.2, -0.15) is 0 Å². The summed E-state index contributed by atoms with van der Waals surface area (Å²) in [5.74, 6) is -0.589. The summed E-state index contributed by atoms with van der Waals surface area (Å²) in [5, 5.41) is 0. The van der Waals surface area contributed by atoms with Gasteiger partial charge in [0.1, 0.15) is 5.82 Å². The Morgan fingerprint density at radius 3 is 2.46 bits per heavy atom. The van der Waals surface area contributed by atoms with Crippen molar-refractivity contribution >= 4 is 21.7 Å². The molecule has 0 fully saturated rings. The maximum Gasteiger partial charge on any atom is 0.247 e. The quantitative estimate of drug-likeness (QED) is 0.598. The van der Waals surface area contributed by atoms with Crippen LogP contribution in [0.4, 0.5) is 4.39 Å². The number of benzene rings is 2. The normalized spacial score (nSPS) is 12.0. The molecule has 1 aromatic heterocycles. The molecule has 1 N–H and O–H groups in total. The van der Waals surface area contributed by atoms with Crippen molar-refractivity contribution in [3.05, 3.63) is 104 Å². The molecular formula is C21H17BrFNO2. The van der Waals surface area contributed by atoms with Gasteiger partial charge in [-0.15, -0.1) is 0 Å². The minimum absolute atomic E-state index is 0.0853. The maximum absolute atomic E-state index is 13.5. The lowest BCUT2D eigenvalue weighted by Gasteiger charge is -2.20. The van der Waals surface area contributed by atoms with Gasteiger partial charge in [0, 0.05) is 34.6 Å². The number of aryl methyl sites for hydroxylation is 1. The molecule has 0 aliphatic carbocycles. The second-order valence-electron chi connectivity index (χ2n) is 6.17. The summed E-state index contributed by atoms with van der Waals surface area (Å²) >= 11 is 3.42. The zero-order valence-corrected chi connectivity index (χ0v) is 15.7. The zero-order valence-electron chi connectivity index (χ0n) is 14.1. The van der Waals surface area contributed by atoms with E-state index in [1.165, 1.54) is 30.5 Å². The minimum atomic E-state index is -0.298. The molecule has 0 aliphatic heterocycles. The average molecular weight is 414 g/mol. The third-order valence-corrected chi connectivity index (χ3v) is 4.90. The predicted octanol–water partition coefficient (Wildman–Crippen LogP) is 4.99. The van der Waals surface area contributed by atoms with Crippen molar-refractivity contribution in [2.24, 2.45) is 0 Å². The van der Waals surface area contributed by atoms with Crippen LogP contribution in [-0.4, -0.2) is 10.8 Å². The lowest BCUT2D eigenvalue weighted by molar-refractivity contribution is 0.0977. The van der Waals surface area contributed by atoms with Crippen molar-refractivity contribution in [3.63, 3.8) is 0 Å². The van der Waals surface area contributed by atoms with Crippen LogP contribution in [0.25, 0.3) is 0 Å². The molecule has 0 amide bonds. The number of aromatic amines is 1. The van der Waals surface area contributed by atoms with Crippen molar-refractivity contribution in [1.29, 1.82) is 0 Å². The van der Waals surface area contributed by atoms with Crippen LogP contribution in [-0.2, 0) is 0 Å². The molecule has 3 nitrogen and oxygen atoms in total. The molecule has 26 heavy (non-hydrogen) atoms. The number of ketones is 1. The number of H-pyrrole nitrogens is 1. The van der Waals surface area contributed by atoms with Gasteiger partial charge < -0.3 is 4.98 Å². The summed E-state index contributed by atoms with van der Waals surface area (Å²) < 4.78 is 14.5. The van der Waals surface area contributed by atoms with E-state index < -0.39 is 0 Å². The average Bonchev–Trinajstić information content (AvgIpc) is 2.61. The van der Waals surface area contributed by atoms with Crippen molar-refractivity contribution in [3.8, 4) is 0 Å². The van der Waals surface area contributed by atoms with Crippen LogP contribution < -0.4 is 5.56 Å². The summed E-state index contributed by atoms with van der Waals surface area (Å²) in [6.07, 6.45) is 1.65. The van der Waals surface area contributed by atoms with Gasteiger partial charge in [0.25, 0.3) is 0 Å². The largest absolute Gasteiger partial charge is 0.328 e. The van der Waals surface area contributed by atoms with Crippen molar-refractivity contribution in [2.75, 3.05) is 0 Å². The van der Waals surface area contributed by atoms with E-state index in [0.717, 1.165) is 21.2 Å². The summed E-state index contributed by atoms with van der Waals surface area (Å²) in [7, 11) is 0. The molecule has 1 atom stereocenters. The summed E-state index contributed by atoms with van der Waals surface area (Å²) in [4.78, 5) is 26.5. The van der Waals surface area contributed by atoms with Gasteiger partial charge >= 0.3 is 0 Å². The van der Waals surface area contributed by atoms with Crippen LogP contribution in [0.3, 0.4) is 0 Å². The summed E-state index contributed by atoms with van der Waals surface area (Å²) in [5.41, 5.74) is 2.88. The second-order valence-corrected chi connectivity index (χ2v) is 7.09. The highest BCUT2D eigenvalue weighted by Gasteiger charge is 2.21. The predicted molar refractivity (Wildman–Crippen MR) is 103 cm³/mol. The van der Waals surface area contributed by atoms with Gasteiger partial charge in [-0.1, -0.05) is 34.1 Å². The van der Waals surface area contributed by atoms with Crippen LogP contribution in [0.1, 0.15) is 39.4 Å². The Morgan fingerprint density at radius 2 is 1.85 bits per heavy atom. The molecule has 2 aromatic carbocycles. The smallest absolute Gasteiger partial charge is 0.247 e. The maximum atomic E-state index is 13.5. The lowest BCUT2D eigenvalue weighted by Crippen LogP contribution is -2.12. The van der Waals surface area contributed by atoms with Crippen molar-refractivity contribution < 1.29 is 9.18 Å². The van der Waals surface area contributed by atoms with Gasteiger partial charge in [0.2, 0.25) is 5.56 Å². The molecule has 132 valence electrons. The first-order valence-corrected chi connectivity index (χ1v) is 8.97. The van der Waals surface area contributed by atoms with E-state index in [1.54, 1.807) is 6.07 Å². The topological polar surface area (TPSA) is 49.9 Å². The first-order valence-electron chi connectivity index (χ1n) is 8.17. The Kier molecular flexibility index (Phi) is 5.47. The number of hydrogen-bond donors (Lipinski definition) is 1. The highest BCUT2D eigenvalue weighted by atomic mass is 79.9. The Hall–Kier alpha value is -2.53. The molecule has 5 heteroatoms. The molecule has 3 aromatic rings. The van der Waals surface area contributed by atoms with Crippen LogP contribution >= 0.6 is 15.9 Å². The molecule has 0 bridgehead atoms. The van der Waals surface area contributed by atoms with E-state index in [0.29, 0.717) is 5.56 Å². The third-order valence-electron chi connectivity index (χ3n) is 4.38. The van der Waals surface area contributed by atoms with Crippen LogP contribution in [0.5, 0.6) is 0 Å². The van der Waals surface area contributed by atoms with E-state index in [1.807, 2.05) is 31.2 Å². The number of hydrogen-bond acceptors (Lipinski definition) is 2. The Balaban J connectivity index is 1.99. The Morgan fingerprint density at radius 1 is 1.12 bits per heavy atom. The molecule has 0 saturated heterocycles. The number of carbonyl (C=O) groups is 1. The monoisotopic (exact) mass is 413 g/mol. The first-order chi connectivity index (χ1) is 12.4. The number of rotatable bonds is 5. The Labute approximate surface area is 159 Å². The highest BCUT2D eigenvalue weighted by Crippen LogP contribution is 2.32. The molecule has 3 rings (SSSR count). The van der Waals surface area contributed by atoms with Gasteiger partial charge in [0.15, 0.2) is 5.78 Å².